The molecule has 4 heteroatoms. The Labute approximate surface area is 96.2 Å². The highest BCUT2D eigenvalue weighted by Crippen LogP contribution is 2.29. The number of carbonyl (C=O) groups is 1. The summed E-state index contributed by atoms with van der Waals surface area (Å²) in [7, 11) is 0. The van der Waals surface area contributed by atoms with Gasteiger partial charge in [-0.15, -0.1) is 0 Å². The van der Waals surface area contributed by atoms with Crippen molar-refractivity contribution in [2.24, 2.45) is 5.92 Å². The number of amides is 1. The van der Waals surface area contributed by atoms with Gasteiger partial charge in [-0.25, -0.2) is 0 Å². The van der Waals surface area contributed by atoms with Crippen LogP contribution in [0.2, 0.25) is 0 Å². The first kappa shape index (κ1) is 10.2. The second-order valence-corrected chi connectivity index (χ2v) is 4.47. The highest BCUT2D eigenvalue weighted by Gasteiger charge is 2.25. The van der Waals surface area contributed by atoms with Crippen LogP contribution in [0, 0.1) is 17.2 Å². The zero-order valence-corrected chi connectivity index (χ0v) is 9.54. The van der Waals surface area contributed by atoms with Crippen molar-refractivity contribution in [1.29, 1.82) is 5.26 Å². The summed E-state index contributed by atoms with van der Waals surface area (Å²) < 4.78 is 0.945. The minimum absolute atomic E-state index is 0.0536. The predicted molar refractivity (Wildman–Crippen MR) is 60.2 cm³/mol. The molecule has 15 heavy (non-hydrogen) atoms. The van der Waals surface area contributed by atoms with Crippen molar-refractivity contribution in [3.05, 3.63) is 28.2 Å². The lowest BCUT2D eigenvalue weighted by Gasteiger charge is -2.22. The molecule has 3 nitrogen and oxygen atoms in total. The number of hydrogen-bond acceptors (Lipinski definition) is 2. The van der Waals surface area contributed by atoms with Crippen molar-refractivity contribution in [3.8, 4) is 6.07 Å². The molecule has 1 amide bonds. The summed E-state index contributed by atoms with van der Waals surface area (Å²) in [6, 6.07) is 7.84. The Balaban J connectivity index is 2.30. The molecule has 1 aliphatic rings. The van der Waals surface area contributed by atoms with E-state index >= 15 is 0 Å². The van der Waals surface area contributed by atoms with Crippen molar-refractivity contribution < 1.29 is 4.79 Å². The van der Waals surface area contributed by atoms with Crippen LogP contribution >= 0.6 is 15.9 Å². The number of fused-ring (bicyclic) bond motifs is 1. The fourth-order valence-electron chi connectivity index (χ4n) is 1.71. The molecule has 0 saturated heterocycles. The molecule has 1 atom stereocenters. The largest absolute Gasteiger partial charge is 0.326 e. The first-order chi connectivity index (χ1) is 7.20. The van der Waals surface area contributed by atoms with Gasteiger partial charge in [0.1, 0.15) is 0 Å². The monoisotopic (exact) mass is 264 g/mol. The van der Waals surface area contributed by atoms with Gasteiger partial charge in [-0.2, -0.15) is 5.26 Å². The maximum absolute atomic E-state index is 11.6. The Morgan fingerprint density at radius 1 is 1.60 bits per heavy atom. The van der Waals surface area contributed by atoms with E-state index in [1.54, 1.807) is 0 Å². The molecule has 0 bridgehead atoms. The van der Waals surface area contributed by atoms with E-state index in [9.17, 15) is 4.79 Å². The van der Waals surface area contributed by atoms with Gasteiger partial charge in [-0.05, 0) is 24.1 Å². The number of nitrogens with one attached hydrogen (secondary N) is 1. The summed E-state index contributed by atoms with van der Waals surface area (Å²) in [5, 5.41) is 11.4. The summed E-state index contributed by atoms with van der Waals surface area (Å²) in [6.07, 6.45) is 0.934. The molecule has 1 aliphatic heterocycles. The molecule has 1 aromatic carbocycles. The Bertz CT molecular complexity index is 450. The van der Waals surface area contributed by atoms with E-state index in [0.717, 1.165) is 15.7 Å². The van der Waals surface area contributed by atoms with E-state index < -0.39 is 0 Å². The molecule has 0 aromatic heterocycles. The molecule has 2 rings (SSSR count). The Morgan fingerprint density at radius 3 is 3.13 bits per heavy atom. The topological polar surface area (TPSA) is 52.9 Å². The van der Waals surface area contributed by atoms with Crippen LogP contribution in [-0.2, 0) is 11.2 Å². The molecule has 0 saturated carbocycles. The number of carbonyl (C=O) groups excluding carboxylic acids is 1. The maximum atomic E-state index is 11.6. The first-order valence-corrected chi connectivity index (χ1v) is 5.46. The molecule has 1 heterocycles. The number of nitriles is 1. The average molecular weight is 265 g/mol. The fourth-order valence-corrected chi connectivity index (χ4v) is 2.07. The zero-order valence-electron chi connectivity index (χ0n) is 7.96. The fraction of sp³-hybridized carbons (Fsp3) is 0.273. The quantitative estimate of drug-likeness (QED) is 0.848. The van der Waals surface area contributed by atoms with Crippen LogP contribution in [0.25, 0.3) is 0 Å². The number of halogens is 1. The van der Waals surface area contributed by atoms with E-state index in [1.807, 2.05) is 24.3 Å². The molecule has 1 N–H and O–H groups in total. The van der Waals surface area contributed by atoms with Crippen molar-refractivity contribution >= 4 is 27.5 Å². The van der Waals surface area contributed by atoms with Gasteiger partial charge >= 0.3 is 0 Å². The molecule has 0 radical (unpaired) electrons. The van der Waals surface area contributed by atoms with E-state index in [0.29, 0.717) is 6.42 Å². The molecule has 1 aromatic rings. The summed E-state index contributed by atoms with van der Waals surface area (Å²) in [5.41, 5.74) is 1.95. The lowest BCUT2D eigenvalue weighted by Crippen LogP contribution is -2.29. The third kappa shape index (κ3) is 2.02. The van der Waals surface area contributed by atoms with Crippen molar-refractivity contribution in [2.75, 3.05) is 5.32 Å². The predicted octanol–water partition coefficient (Wildman–Crippen LogP) is 2.47. The Kier molecular flexibility index (Phi) is 2.74. The minimum Gasteiger partial charge on any atom is -0.326 e. The molecule has 1 unspecified atom stereocenters. The second kappa shape index (κ2) is 4.03. The maximum Gasteiger partial charge on any atom is 0.228 e. The highest BCUT2D eigenvalue weighted by atomic mass is 79.9. The number of hydrogen-bond donors (Lipinski definition) is 1. The van der Waals surface area contributed by atoms with Crippen molar-refractivity contribution in [1.82, 2.24) is 0 Å². The number of benzene rings is 1. The summed E-state index contributed by atoms with van der Waals surface area (Å²) in [6.45, 7) is 0. The van der Waals surface area contributed by atoms with E-state index in [4.69, 9.17) is 5.26 Å². The number of rotatable bonds is 1. The highest BCUT2D eigenvalue weighted by molar-refractivity contribution is 9.10. The number of anilines is 1. The normalized spacial score (nSPS) is 18.9. The van der Waals surface area contributed by atoms with Crippen molar-refractivity contribution in [2.45, 2.75) is 12.8 Å². The molecular formula is C11H9BrN2O. The Morgan fingerprint density at radius 2 is 2.40 bits per heavy atom. The van der Waals surface area contributed by atoms with Crippen LogP contribution in [0.5, 0.6) is 0 Å². The lowest BCUT2D eigenvalue weighted by atomic mass is 9.91. The van der Waals surface area contributed by atoms with Gasteiger partial charge in [0, 0.05) is 16.6 Å². The van der Waals surface area contributed by atoms with Gasteiger partial charge in [-0.1, -0.05) is 22.0 Å². The average Bonchev–Trinajstić information content (AvgIpc) is 2.20. The zero-order chi connectivity index (χ0) is 10.8. The van der Waals surface area contributed by atoms with Crippen LogP contribution in [0.1, 0.15) is 12.0 Å². The number of nitrogens with zero attached hydrogens (tertiary/aromatic N) is 1. The minimum atomic E-state index is -0.205. The van der Waals surface area contributed by atoms with E-state index in [-0.39, 0.29) is 18.2 Å². The smallest absolute Gasteiger partial charge is 0.228 e. The van der Waals surface area contributed by atoms with Gasteiger partial charge in [0.15, 0.2) is 0 Å². The van der Waals surface area contributed by atoms with Gasteiger partial charge < -0.3 is 5.32 Å². The lowest BCUT2D eigenvalue weighted by molar-refractivity contribution is -0.120. The standard InChI is InChI=1S/C11H9BrN2O/c12-9-2-1-7-5-8(3-4-13)11(15)14-10(7)6-9/h1-2,6,8H,3,5H2,(H,14,15). The summed E-state index contributed by atoms with van der Waals surface area (Å²) in [5.74, 6) is -0.258. The van der Waals surface area contributed by atoms with Crippen LogP contribution in [-0.4, -0.2) is 5.91 Å². The first-order valence-electron chi connectivity index (χ1n) is 4.67. The third-order valence-electron chi connectivity index (χ3n) is 2.50. The van der Waals surface area contributed by atoms with Gasteiger partial charge in [0.05, 0.1) is 12.0 Å². The van der Waals surface area contributed by atoms with Crippen molar-refractivity contribution in [3.63, 3.8) is 0 Å². The summed E-state index contributed by atoms with van der Waals surface area (Å²) in [4.78, 5) is 11.6. The second-order valence-electron chi connectivity index (χ2n) is 3.55. The molecule has 0 spiro atoms. The Hall–Kier alpha value is -1.34. The van der Waals surface area contributed by atoms with Crippen LogP contribution in [0.4, 0.5) is 5.69 Å². The van der Waals surface area contributed by atoms with Gasteiger partial charge in [-0.3, -0.25) is 4.79 Å². The molecular weight excluding hydrogens is 256 g/mol. The van der Waals surface area contributed by atoms with Crippen LogP contribution < -0.4 is 5.32 Å². The van der Waals surface area contributed by atoms with Gasteiger partial charge in [0.25, 0.3) is 0 Å². The van der Waals surface area contributed by atoms with Gasteiger partial charge in [0.2, 0.25) is 5.91 Å². The SMILES string of the molecule is N#CCC1Cc2ccc(Br)cc2NC1=O. The summed E-state index contributed by atoms with van der Waals surface area (Å²) >= 11 is 3.35. The molecule has 76 valence electrons. The molecule has 0 fully saturated rings. The third-order valence-corrected chi connectivity index (χ3v) is 3.00. The van der Waals surface area contributed by atoms with Crippen LogP contribution in [0.15, 0.2) is 22.7 Å². The molecule has 0 aliphatic carbocycles. The van der Waals surface area contributed by atoms with Crippen LogP contribution in [0.3, 0.4) is 0 Å². The van der Waals surface area contributed by atoms with E-state index in [2.05, 4.69) is 21.2 Å². The van der Waals surface area contributed by atoms with E-state index in [1.165, 1.54) is 0 Å².